The summed E-state index contributed by atoms with van der Waals surface area (Å²) in [7, 11) is 0. The van der Waals surface area contributed by atoms with Gasteiger partial charge >= 0.3 is 5.97 Å². The summed E-state index contributed by atoms with van der Waals surface area (Å²) in [5.41, 5.74) is 5.27. The zero-order valence-corrected chi connectivity index (χ0v) is 16.3. The fourth-order valence-electron chi connectivity index (χ4n) is 3.85. The standard InChI is InChI=1S/C24H26O3/c1-4-24(5-2)12-13-27-22-14-17(3)20(16-21(22)24)11-10-18-6-8-19(9-7-18)15-23(25)26/h6-9,14,16H,4-5,12-13,15H2,1-3H3,(H,25,26). The molecule has 0 unspecified atom stereocenters. The third kappa shape index (κ3) is 4.01. The summed E-state index contributed by atoms with van der Waals surface area (Å²) in [6.07, 6.45) is 3.28. The smallest absolute Gasteiger partial charge is 0.307 e. The van der Waals surface area contributed by atoms with Gasteiger partial charge in [0.2, 0.25) is 0 Å². The highest BCUT2D eigenvalue weighted by atomic mass is 16.5. The minimum atomic E-state index is -0.823. The Balaban J connectivity index is 1.93. The van der Waals surface area contributed by atoms with Crippen molar-refractivity contribution < 1.29 is 14.6 Å². The second kappa shape index (κ2) is 7.88. The number of ether oxygens (including phenoxy) is 1. The summed E-state index contributed by atoms with van der Waals surface area (Å²) < 4.78 is 5.93. The summed E-state index contributed by atoms with van der Waals surface area (Å²) in [6.45, 7) is 7.35. The van der Waals surface area contributed by atoms with Crippen LogP contribution in [0, 0.1) is 18.8 Å². The second-order valence-electron chi connectivity index (χ2n) is 7.27. The van der Waals surface area contributed by atoms with E-state index < -0.39 is 5.97 Å². The summed E-state index contributed by atoms with van der Waals surface area (Å²) in [5.74, 6) is 6.70. The van der Waals surface area contributed by atoms with Crippen LogP contribution in [0.1, 0.15) is 60.9 Å². The topological polar surface area (TPSA) is 46.5 Å². The van der Waals surface area contributed by atoms with Gasteiger partial charge < -0.3 is 9.84 Å². The van der Waals surface area contributed by atoms with Crippen molar-refractivity contribution in [3.8, 4) is 17.6 Å². The lowest BCUT2D eigenvalue weighted by atomic mass is 9.71. The largest absolute Gasteiger partial charge is 0.493 e. The predicted octanol–water partition coefficient (Wildman–Crippen LogP) is 4.86. The molecule has 1 aliphatic heterocycles. The maximum atomic E-state index is 10.8. The lowest BCUT2D eigenvalue weighted by Gasteiger charge is -2.38. The molecule has 3 rings (SSSR count). The number of aliphatic carboxylic acids is 1. The van der Waals surface area contributed by atoms with Crippen LogP contribution in [-0.4, -0.2) is 17.7 Å². The quantitative estimate of drug-likeness (QED) is 0.790. The van der Waals surface area contributed by atoms with Crippen molar-refractivity contribution in [2.45, 2.75) is 51.9 Å². The number of hydrogen-bond donors (Lipinski definition) is 1. The fourth-order valence-corrected chi connectivity index (χ4v) is 3.85. The highest BCUT2D eigenvalue weighted by Gasteiger charge is 2.35. The van der Waals surface area contributed by atoms with Crippen LogP contribution in [0.4, 0.5) is 0 Å². The van der Waals surface area contributed by atoms with E-state index in [1.807, 2.05) is 24.3 Å². The van der Waals surface area contributed by atoms with Crippen LogP contribution < -0.4 is 4.74 Å². The molecule has 0 saturated heterocycles. The fraction of sp³-hybridized carbons (Fsp3) is 0.375. The third-order valence-electron chi connectivity index (χ3n) is 5.74. The van der Waals surface area contributed by atoms with Crippen molar-refractivity contribution in [1.29, 1.82) is 0 Å². The first-order valence-corrected chi connectivity index (χ1v) is 9.58. The average Bonchev–Trinajstić information content (AvgIpc) is 2.66. The van der Waals surface area contributed by atoms with Gasteiger partial charge in [-0.25, -0.2) is 0 Å². The summed E-state index contributed by atoms with van der Waals surface area (Å²) in [5, 5.41) is 8.86. The van der Waals surface area contributed by atoms with Gasteiger partial charge in [0.25, 0.3) is 0 Å². The molecule has 0 aromatic heterocycles. The molecule has 3 heteroatoms. The molecule has 1 aliphatic rings. The molecule has 1 N–H and O–H groups in total. The number of aryl methyl sites for hydroxylation is 1. The molecule has 0 radical (unpaired) electrons. The van der Waals surface area contributed by atoms with E-state index in [1.165, 1.54) is 5.56 Å². The maximum absolute atomic E-state index is 10.8. The molecular weight excluding hydrogens is 336 g/mol. The van der Waals surface area contributed by atoms with Gasteiger partial charge in [-0.3, -0.25) is 4.79 Å². The molecule has 0 amide bonds. The molecule has 0 aliphatic carbocycles. The van der Waals surface area contributed by atoms with Crippen LogP contribution in [0.25, 0.3) is 0 Å². The number of hydrogen-bond acceptors (Lipinski definition) is 2. The summed E-state index contributed by atoms with van der Waals surface area (Å²) in [4.78, 5) is 10.8. The van der Waals surface area contributed by atoms with E-state index >= 15 is 0 Å². The van der Waals surface area contributed by atoms with E-state index in [0.29, 0.717) is 0 Å². The predicted molar refractivity (Wildman–Crippen MR) is 107 cm³/mol. The lowest BCUT2D eigenvalue weighted by Crippen LogP contribution is -2.32. The van der Waals surface area contributed by atoms with Crippen molar-refractivity contribution in [2.24, 2.45) is 0 Å². The molecule has 0 saturated carbocycles. The highest BCUT2D eigenvalue weighted by Crippen LogP contribution is 2.44. The Bertz CT molecular complexity index is 894. The molecule has 0 atom stereocenters. The summed E-state index contributed by atoms with van der Waals surface area (Å²) in [6, 6.07) is 11.7. The van der Waals surface area contributed by atoms with E-state index in [4.69, 9.17) is 9.84 Å². The molecule has 2 aromatic rings. The van der Waals surface area contributed by atoms with E-state index in [1.54, 1.807) is 0 Å². The van der Waals surface area contributed by atoms with Crippen molar-refractivity contribution in [3.63, 3.8) is 0 Å². The van der Waals surface area contributed by atoms with Crippen LogP contribution in [0.5, 0.6) is 5.75 Å². The molecule has 3 nitrogen and oxygen atoms in total. The molecule has 140 valence electrons. The first-order chi connectivity index (χ1) is 13.0. The van der Waals surface area contributed by atoms with E-state index in [9.17, 15) is 4.79 Å². The summed E-state index contributed by atoms with van der Waals surface area (Å²) >= 11 is 0. The van der Waals surface area contributed by atoms with Gasteiger partial charge in [0, 0.05) is 22.1 Å². The van der Waals surface area contributed by atoms with Crippen molar-refractivity contribution in [3.05, 3.63) is 64.2 Å². The third-order valence-corrected chi connectivity index (χ3v) is 5.74. The molecule has 2 aromatic carbocycles. The molecule has 1 heterocycles. The zero-order valence-electron chi connectivity index (χ0n) is 16.3. The molecule has 0 fully saturated rings. The van der Waals surface area contributed by atoms with Crippen molar-refractivity contribution in [2.75, 3.05) is 6.61 Å². The number of carboxylic acids is 1. The number of carboxylic acid groups (broad SMARTS) is 1. The number of benzene rings is 2. The van der Waals surface area contributed by atoms with Gasteiger partial charge in [0.15, 0.2) is 0 Å². The maximum Gasteiger partial charge on any atom is 0.307 e. The van der Waals surface area contributed by atoms with Crippen LogP contribution in [0.2, 0.25) is 0 Å². The molecule has 27 heavy (non-hydrogen) atoms. The average molecular weight is 362 g/mol. The Kier molecular flexibility index (Phi) is 5.56. The number of carbonyl (C=O) groups is 1. The second-order valence-corrected chi connectivity index (χ2v) is 7.27. The Morgan fingerprint density at radius 1 is 1.15 bits per heavy atom. The first-order valence-electron chi connectivity index (χ1n) is 9.58. The molecular formula is C24H26O3. The van der Waals surface area contributed by atoms with Crippen molar-refractivity contribution in [1.82, 2.24) is 0 Å². The van der Waals surface area contributed by atoms with Gasteiger partial charge in [-0.15, -0.1) is 0 Å². The van der Waals surface area contributed by atoms with Crippen LogP contribution >= 0.6 is 0 Å². The minimum Gasteiger partial charge on any atom is -0.493 e. The van der Waals surface area contributed by atoms with Crippen LogP contribution in [0.3, 0.4) is 0 Å². The minimum absolute atomic E-state index is 0.0355. The monoisotopic (exact) mass is 362 g/mol. The van der Waals surface area contributed by atoms with Gasteiger partial charge in [0.1, 0.15) is 5.75 Å². The van der Waals surface area contributed by atoms with Crippen LogP contribution in [0.15, 0.2) is 36.4 Å². The van der Waals surface area contributed by atoms with Gasteiger partial charge in [-0.1, -0.05) is 37.8 Å². The van der Waals surface area contributed by atoms with Gasteiger partial charge in [-0.2, -0.15) is 0 Å². The van der Waals surface area contributed by atoms with Crippen molar-refractivity contribution >= 4 is 5.97 Å². The number of rotatable bonds is 4. The first kappa shape index (κ1) is 19.0. The SMILES string of the molecule is CCC1(CC)CCOc2cc(C)c(C#Cc3ccc(CC(=O)O)cc3)cc21. The lowest BCUT2D eigenvalue weighted by molar-refractivity contribution is -0.136. The van der Waals surface area contributed by atoms with E-state index in [-0.39, 0.29) is 11.8 Å². The normalized spacial score (nSPS) is 14.5. The van der Waals surface area contributed by atoms with Gasteiger partial charge in [0.05, 0.1) is 13.0 Å². The van der Waals surface area contributed by atoms with E-state index in [2.05, 4.69) is 44.7 Å². The molecule has 0 bridgehead atoms. The number of fused-ring (bicyclic) bond motifs is 1. The highest BCUT2D eigenvalue weighted by molar-refractivity contribution is 5.70. The Hall–Kier alpha value is -2.73. The Labute approximate surface area is 161 Å². The zero-order chi connectivity index (χ0) is 19.4. The van der Waals surface area contributed by atoms with E-state index in [0.717, 1.165) is 53.9 Å². The van der Waals surface area contributed by atoms with Gasteiger partial charge in [-0.05, 0) is 61.6 Å². The Morgan fingerprint density at radius 2 is 1.85 bits per heavy atom. The van der Waals surface area contributed by atoms with Crippen LogP contribution in [-0.2, 0) is 16.6 Å². The molecule has 0 spiro atoms. The Morgan fingerprint density at radius 3 is 2.48 bits per heavy atom.